The molecular formula is C20H24N2O2. The quantitative estimate of drug-likeness (QED) is 0.887. The maximum Gasteiger partial charge on any atom is 0.307 e. The number of carbonyl (C=O) groups is 1. The molecule has 4 heteroatoms. The number of rotatable bonds is 6. The van der Waals surface area contributed by atoms with Gasteiger partial charge in [-0.15, -0.1) is 0 Å². The predicted molar refractivity (Wildman–Crippen MR) is 94.8 cm³/mol. The van der Waals surface area contributed by atoms with Gasteiger partial charge in [0.05, 0.1) is 6.42 Å². The van der Waals surface area contributed by atoms with E-state index >= 15 is 0 Å². The van der Waals surface area contributed by atoms with Crippen LogP contribution in [0.4, 0.5) is 0 Å². The van der Waals surface area contributed by atoms with Crippen LogP contribution in [0.3, 0.4) is 0 Å². The van der Waals surface area contributed by atoms with Crippen molar-refractivity contribution in [3.05, 3.63) is 71.3 Å². The molecule has 1 saturated heterocycles. The summed E-state index contributed by atoms with van der Waals surface area (Å²) in [5.74, 6) is -0.780. The molecule has 0 radical (unpaired) electrons. The molecule has 0 saturated carbocycles. The van der Waals surface area contributed by atoms with E-state index in [-0.39, 0.29) is 6.42 Å². The van der Waals surface area contributed by atoms with Crippen molar-refractivity contribution < 1.29 is 9.90 Å². The molecule has 2 aromatic carbocycles. The second-order valence-corrected chi connectivity index (χ2v) is 6.42. The van der Waals surface area contributed by atoms with Crippen LogP contribution in [0, 0.1) is 0 Å². The van der Waals surface area contributed by atoms with Crippen LogP contribution in [0.1, 0.15) is 16.7 Å². The van der Waals surface area contributed by atoms with E-state index in [0.717, 1.165) is 44.8 Å². The number of carboxylic acid groups (broad SMARTS) is 1. The molecule has 1 N–H and O–H groups in total. The van der Waals surface area contributed by atoms with Crippen molar-refractivity contribution in [3.63, 3.8) is 0 Å². The smallest absolute Gasteiger partial charge is 0.307 e. The first kappa shape index (κ1) is 16.7. The Morgan fingerprint density at radius 1 is 0.750 bits per heavy atom. The van der Waals surface area contributed by atoms with Gasteiger partial charge in [0.15, 0.2) is 0 Å². The Balaban J connectivity index is 1.46. The maximum atomic E-state index is 10.7. The third-order valence-electron chi connectivity index (χ3n) is 4.50. The van der Waals surface area contributed by atoms with Crippen molar-refractivity contribution >= 4 is 5.97 Å². The minimum Gasteiger partial charge on any atom is -0.481 e. The molecule has 1 aliphatic rings. The highest BCUT2D eigenvalue weighted by Crippen LogP contribution is 2.12. The minimum absolute atomic E-state index is 0.0957. The molecule has 0 aliphatic carbocycles. The fraction of sp³-hybridized carbons (Fsp3) is 0.350. The zero-order chi connectivity index (χ0) is 16.8. The summed E-state index contributed by atoms with van der Waals surface area (Å²) in [6.45, 7) is 6.29. The van der Waals surface area contributed by atoms with Crippen LogP contribution in [0.5, 0.6) is 0 Å². The molecule has 126 valence electrons. The Bertz CT molecular complexity index is 647. The van der Waals surface area contributed by atoms with Gasteiger partial charge < -0.3 is 5.11 Å². The van der Waals surface area contributed by atoms with E-state index in [0.29, 0.717) is 0 Å². The Hall–Kier alpha value is -2.17. The first-order valence-corrected chi connectivity index (χ1v) is 8.47. The van der Waals surface area contributed by atoms with Gasteiger partial charge in [-0.05, 0) is 16.7 Å². The van der Waals surface area contributed by atoms with Gasteiger partial charge in [-0.2, -0.15) is 0 Å². The van der Waals surface area contributed by atoms with Gasteiger partial charge in [-0.3, -0.25) is 14.6 Å². The number of aliphatic carboxylic acids is 1. The van der Waals surface area contributed by atoms with Gasteiger partial charge in [-0.25, -0.2) is 0 Å². The average Bonchev–Trinajstić information content (AvgIpc) is 2.59. The number of carboxylic acids is 1. The summed E-state index contributed by atoms with van der Waals surface area (Å²) in [4.78, 5) is 15.7. The lowest BCUT2D eigenvalue weighted by Gasteiger charge is -2.34. The van der Waals surface area contributed by atoms with E-state index in [2.05, 4.69) is 52.3 Å². The SMILES string of the molecule is O=C(O)Cc1ccc(CN2CCN(Cc3ccccc3)CC2)cc1. The highest BCUT2D eigenvalue weighted by Gasteiger charge is 2.17. The van der Waals surface area contributed by atoms with Gasteiger partial charge in [0.2, 0.25) is 0 Å². The lowest BCUT2D eigenvalue weighted by molar-refractivity contribution is -0.136. The summed E-state index contributed by atoms with van der Waals surface area (Å²) in [7, 11) is 0. The number of hydrogen-bond acceptors (Lipinski definition) is 3. The van der Waals surface area contributed by atoms with Crippen molar-refractivity contribution in [2.45, 2.75) is 19.5 Å². The molecule has 0 amide bonds. The first-order valence-electron chi connectivity index (χ1n) is 8.47. The van der Waals surface area contributed by atoms with Crippen LogP contribution < -0.4 is 0 Å². The van der Waals surface area contributed by atoms with Crippen molar-refractivity contribution in [3.8, 4) is 0 Å². The summed E-state index contributed by atoms with van der Waals surface area (Å²) in [6, 6.07) is 18.6. The number of benzene rings is 2. The first-order chi connectivity index (χ1) is 11.7. The van der Waals surface area contributed by atoms with E-state index in [4.69, 9.17) is 5.11 Å². The van der Waals surface area contributed by atoms with Gasteiger partial charge >= 0.3 is 5.97 Å². The molecule has 24 heavy (non-hydrogen) atoms. The Kier molecular flexibility index (Phi) is 5.62. The van der Waals surface area contributed by atoms with E-state index in [1.54, 1.807) is 0 Å². The zero-order valence-electron chi connectivity index (χ0n) is 13.9. The van der Waals surface area contributed by atoms with Gasteiger partial charge in [0, 0.05) is 39.3 Å². The molecule has 4 nitrogen and oxygen atoms in total. The molecule has 0 aromatic heterocycles. The lowest BCUT2D eigenvalue weighted by atomic mass is 10.1. The summed E-state index contributed by atoms with van der Waals surface area (Å²) < 4.78 is 0. The van der Waals surface area contributed by atoms with Crippen LogP contribution >= 0.6 is 0 Å². The van der Waals surface area contributed by atoms with Gasteiger partial charge in [-0.1, -0.05) is 54.6 Å². The van der Waals surface area contributed by atoms with Crippen LogP contribution in [0.2, 0.25) is 0 Å². The highest BCUT2D eigenvalue weighted by molar-refractivity contribution is 5.70. The molecule has 1 fully saturated rings. The standard InChI is InChI=1S/C20H24N2O2/c23-20(24)14-17-6-8-19(9-7-17)16-22-12-10-21(11-13-22)15-18-4-2-1-3-5-18/h1-9H,10-16H2,(H,23,24). The van der Waals surface area contributed by atoms with E-state index < -0.39 is 5.97 Å². The molecule has 0 unspecified atom stereocenters. The zero-order valence-corrected chi connectivity index (χ0v) is 13.9. The number of piperazine rings is 1. The lowest BCUT2D eigenvalue weighted by Crippen LogP contribution is -2.45. The number of hydrogen-bond donors (Lipinski definition) is 1. The minimum atomic E-state index is -0.780. The molecular weight excluding hydrogens is 300 g/mol. The molecule has 0 bridgehead atoms. The molecule has 1 aliphatic heterocycles. The molecule has 3 rings (SSSR count). The molecule has 0 spiro atoms. The highest BCUT2D eigenvalue weighted by atomic mass is 16.4. The predicted octanol–water partition coefficient (Wildman–Crippen LogP) is 2.63. The van der Waals surface area contributed by atoms with Crippen LogP contribution in [-0.4, -0.2) is 47.1 Å². The van der Waals surface area contributed by atoms with Crippen molar-refractivity contribution in [2.75, 3.05) is 26.2 Å². The van der Waals surface area contributed by atoms with Crippen LogP contribution in [0.15, 0.2) is 54.6 Å². The molecule has 0 atom stereocenters. The van der Waals surface area contributed by atoms with Crippen LogP contribution in [0.25, 0.3) is 0 Å². The van der Waals surface area contributed by atoms with E-state index in [1.165, 1.54) is 11.1 Å². The summed E-state index contributed by atoms with van der Waals surface area (Å²) in [5.41, 5.74) is 3.49. The van der Waals surface area contributed by atoms with Crippen molar-refractivity contribution in [1.29, 1.82) is 0 Å². The molecule has 2 aromatic rings. The summed E-state index contributed by atoms with van der Waals surface area (Å²) >= 11 is 0. The largest absolute Gasteiger partial charge is 0.481 e. The fourth-order valence-electron chi connectivity index (χ4n) is 3.14. The van der Waals surface area contributed by atoms with Crippen molar-refractivity contribution in [1.82, 2.24) is 9.80 Å². The third-order valence-corrected chi connectivity index (χ3v) is 4.50. The monoisotopic (exact) mass is 324 g/mol. The number of nitrogens with zero attached hydrogens (tertiary/aromatic N) is 2. The second kappa shape index (κ2) is 8.08. The summed E-state index contributed by atoms with van der Waals surface area (Å²) in [6.07, 6.45) is 0.0957. The van der Waals surface area contributed by atoms with E-state index in [1.807, 2.05) is 12.1 Å². The van der Waals surface area contributed by atoms with Crippen molar-refractivity contribution in [2.24, 2.45) is 0 Å². The van der Waals surface area contributed by atoms with Gasteiger partial charge in [0.1, 0.15) is 0 Å². The maximum absolute atomic E-state index is 10.7. The van der Waals surface area contributed by atoms with Gasteiger partial charge in [0.25, 0.3) is 0 Å². The average molecular weight is 324 g/mol. The van der Waals surface area contributed by atoms with Crippen LogP contribution in [-0.2, 0) is 24.3 Å². The Morgan fingerprint density at radius 2 is 1.21 bits per heavy atom. The third kappa shape index (κ3) is 4.91. The van der Waals surface area contributed by atoms with E-state index in [9.17, 15) is 4.79 Å². The second-order valence-electron chi connectivity index (χ2n) is 6.42. The Labute approximate surface area is 143 Å². The summed E-state index contributed by atoms with van der Waals surface area (Å²) in [5, 5.41) is 8.81. The topological polar surface area (TPSA) is 43.8 Å². The molecule has 1 heterocycles. The fourth-order valence-corrected chi connectivity index (χ4v) is 3.14. The Morgan fingerprint density at radius 3 is 1.71 bits per heavy atom. The normalized spacial score (nSPS) is 16.2.